The highest BCUT2D eigenvalue weighted by Crippen LogP contribution is 2.38. The zero-order chi connectivity index (χ0) is 31.5. The van der Waals surface area contributed by atoms with Crippen molar-refractivity contribution in [3.63, 3.8) is 0 Å². The van der Waals surface area contributed by atoms with E-state index in [-0.39, 0.29) is 0 Å². The molecular weight excluding hydrogens is 581 g/mol. The molecule has 2 aliphatic heterocycles. The molecule has 0 atom stereocenters. The van der Waals surface area contributed by atoms with Crippen LogP contribution in [0.1, 0.15) is 11.1 Å². The molecule has 0 fully saturated rings. The Morgan fingerprint density at radius 3 is 1.63 bits per heavy atom. The van der Waals surface area contributed by atoms with E-state index in [9.17, 15) is 0 Å². The molecule has 0 saturated heterocycles. The number of benzene rings is 6. The lowest BCUT2D eigenvalue weighted by atomic mass is 9.96. The third-order valence-corrected chi connectivity index (χ3v) is 10.5. The Kier molecular flexibility index (Phi) is 8.08. The molecule has 0 aromatic heterocycles. The number of para-hydroxylation sites is 4. The normalized spacial score (nSPS) is 13.5. The van der Waals surface area contributed by atoms with Gasteiger partial charge in [-0.15, -0.1) is 0 Å². The molecule has 5 heteroatoms. The fourth-order valence-corrected chi connectivity index (χ4v) is 7.61. The minimum Gasteiger partial charge on any atom is -0.435 e. The van der Waals surface area contributed by atoms with Gasteiger partial charge in [-0.1, -0.05) is 123 Å². The summed E-state index contributed by atoms with van der Waals surface area (Å²) >= 11 is 0. The predicted molar refractivity (Wildman–Crippen MR) is 193 cm³/mol. The van der Waals surface area contributed by atoms with Gasteiger partial charge in [0.25, 0.3) is 13.5 Å². The second-order valence-corrected chi connectivity index (χ2v) is 17.7. The van der Waals surface area contributed by atoms with Gasteiger partial charge in [0.05, 0.1) is 19.2 Å². The lowest BCUT2D eigenvalue weighted by Gasteiger charge is -2.23. The molecule has 6 aromatic carbocycles. The van der Waals surface area contributed by atoms with Crippen LogP contribution in [-0.2, 0) is 0 Å². The summed E-state index contributed by atoms with van der Waals surface area (Å²) in [4.78, 5) is 0. The third kappa shape index (κ3) is 6.02. The van der Waals surface area contributed by atoms with E-state index in [0.29, 0.717) is 13.5 Å². The first-order valence-corrected chi connectivity index (χ1v) is 19.3. The van der Waals surface area contributed by atoms with Crippen LogP contribution in [0.15, 0.2) is 140 Å². The molecule has 0 spiro atoms. The molecule has 0 saturated carbocycles. The van der Waals surface area contributed by atoms with Crippen LogP contribution in [0.5, 0.6) is 11.5 Å². The van der Waals surface area contributed by atoms with Crippen LogP contribution < -0.4 is 14.7 Å². The van der Waals surface area contributed by atoms with Gasteiger partial charge in [-0.3, -0.25) is 0 Å². The number of hydrogen-bond acceptors (Lipinski definition) is 2. The maximum Gasteiger partial charge on any atom is 0.292 e. The second-order valence-electron chi connectivity index (χ2n) is 12.6. The van der Waals surface area contributed by atoms with E-state index >= 15 is 0 Å². The van der Waals surface area contributed by atoms with Crippen molar-refractivity contribution >= 4 is 47.8 Å². The van der Waals surface area contributed by atoms with Crippen LogP contribution >= 0.6 is 0 Å². The summed E-state index contributed by atoms with van der Waals surface area (Å²) in [6.45, 7) is 8.16. The number of ether oxygens (including phenoxy) is 2. The molecule has 226 valence electrons. The smallest absolute Gasteiger partial charge is 0.292 e. The minimum atomic E-state index is -1.38. The quantitative estimate of drug-likeness (QED) is 0.146. The molecular formula is C41H38N2O2Si+2. The highest BCUT2D eigenvalue weighted by atomic mass is 28.3. The van der Waals surface area contributed by atoms with Gasteiger partial charge in [0.15, 0.2) is 12.4 Å². The van der Waals surface area contributed by atoms with E-state index in [1.165, 1.54) is 27.1 Å². The van der Waals surface area contributed by atoms with Crippen LogP contribution in [0.2, 0.25) is 19.6 Å². The summed E-state index contributed by atoms with van der Waals surface area (Å²) in [7, 11) is -1.38. The summed E-state index contributed by atoms with van der Waals surface area (Å²) in [6, 6.07) is 48.4. The zero-order valence-electron chi connectivity index (χ0n) is 26.6. The van der Waals surface area contributed by atoms with Gasteiger partial charge in [-0.05, 0) is 33.7 Å². The Morgan fingerprint density at radius 1 is 0.478 bits per heavy atom. The first-order valence-electron chi connectivity index (χ1n) is 15.8. The standard InChI is InChI=1S/C24H18NO.C17H20NOSi/c1-2-11-20(12-3-1)25-16-19-10-7-15-23(24(19)26-17-25)22-14-6-9-18-8-4-5-13-21(18)22;1-20(2,3)16-11-7-8-14-12-18(13-19-17(14)16)15-9-5-4-6-10-15/h1-16H,17H2;4-12H,13H2,1-3H3/q2*+1. The van der Waals surface area contributed by atoms with E-state index < -0.39 is 8.07 Å². The molecule has 2 heterocycles. The number of rotatable bonds is 4. The number of nitrogens with zero attached hydrogens (tertiary/aromatic N) is 2. The van der Waals surface area contributed by atoms with Crippen molar-refractivity contribution in [1.29, 1.82) is 0 Å². The number of hydrogen-bond donors (Lipinski definition) is 0. The maximum atomic E-state index is 6.22. The summed E-state index contributed by atoms with van der Waals surface area (Å²) in [6.07, 6.45) is 4.36. The summed E-state index contributed by atoms with van der Waals surface area (Å²) in [5.41, 5.74) is 6.93. The largest absolute Gasteiger partial charge is 0.435 e. The van der Waals surface area contributed by atoms with Crippen molar-refractivity contribution in [3.05, 3.63) is 151 Å². The van der Waals surface area contributed by atoms with Crippen molar-refractivity contribution in [3.8, 4) is 22.6 Å². The van der Waals surface area contributed by atoms with Gasteiger partial charge in [0, 0.05) is 29.8 Å². The van der Waals surface area contributed by atoms with E-state index in [1.807, 2.05) is 24.3 Å². The van der Waals surface area contributed by atoms with Crippen molar-refractivity contribution in [2.24, 2.45) is 0 Å². The Labute approximate surface area is 272 Å². The molecule has 0 radical (unpaired) electrons. The molecule has 4 nitrogen and oxygen atoms in total. The van der Waals surface area contributed by atoms with Crippen LogP contribution in [-0.4, -0.2) is 43.1 Å². The van der Waals surface area contributed by atoms with Crippen molar-refractivity contribution in [1.82, 2.24) is 0 Å². The molecule has 2 aliphatic rings. The third-order valence-electron chi connectivity index (χ3n) is 8.44. The first kappa shape index (κ1) is 29.4. The average molecular weight is 619 g/mol. The van der Waals surface area contributed by atoms with Crippen molar-refractivity contribution < 1.29 is 18.6 Å². The van der Waals surface area contributed by atoms with Gasteiger partial charge < -0.3 is 9.47 Å². The van der Waals surface area contributed by atoms with Crippen LogP contribution in [0.3, 0.4) is 0 Å². The Bertz CT molecular complexity index is 2070. The van der Waals surface area contributed by atoms with Crippen LogP contribution in [0.4, 0.5) is 11.4 Å². The molecule has 0 N–H and O–H groups in total. The highest BCUT2D eigenvalue weighted by Gasteiger charge is 2.27. The van der Waals surface area contributed by atoms with E-state index in [0.717, 1.165) is 34.0 Å². The first-order chi connectivity index (χ1) is 22.5. The molecule has 0 unspecified atom stereocenters. The van der Waals surface area contributed by atoms with Gasteiger partial charge in [0.1, 0.15) is 11.5 Å². The lowest BCUT2D eigenvalue weighted by Crippen LogP contribution is -2.40. The Morgan fingerprint density at radius 2 is 0.978 bits per heavy atom. The molecule has 46 heavy (non-hydrogen) atoms. The lowest BCUT2D eigenvalue weighted by molar-refractivity contribution is -0.476. The molecule has 0 aliphatic carbocycles. The fraction of sp³-hybridized carbons (Fsp3) is 0.122. The molecule has 0 bridgehead atoms. The van der Waals surface area contributed by atoms with Gasteiger partial charge in [-0.2, -0.15) is 9.15 Å². The maximum absolute atomic E-state index is 6.22. The fourth-order valence-electron chi connectivity index (χ4n) is 6.11. The summed E-state index contributed by atoms with van der Waals surface area (Å²) < 4.78 is 16.6. The monoisotopic (exact) mass is 618 g/mol. The summed E-state index contributed by atoms with van der Waals surface area (Å²) in [5, 5.41) is 3.89. The van der Waals surface area contributed by atoms with E-state index in [4.69, 9.17) is 9.47 Å². The second kappa shape index (κ2) is 12.6. The van der Waals surface area contributed by atoms with Crippen LogP contribution in [0.25, 0.3) is 21.9 Å². The van der Waals surface area contributed by atoms with Crippen LogP contribution in [0, 0.1) is 0 Å². The topological polar surface area (TPSA) is 24.5 Å². The van der Waals surface area contributed by atoms with Gasteiger partial charge in [0.2, 0.25) is 11.4 Å². The molecule has 6 aromatic rings. The van der Waals surface area contributed by atoms with Gasteiger partial charge in [-0.25, -0.2) is 0 Å². The van der Waals surface area contributed by atoms with E-state index in [2.05, 4.69) is 156 Å². The Balaban J connectivity index is 0.000000152. The molecule has 8 rings (SSSR count). The zero-order valence-corrected chi connectivity index (χ0v) is 27.6. The average Bonchev–Trinajstić information content (AvgIpc) is 3.11. The predicted octanol–water partition coefficient (Wildman–Crippen LogP) is 8.96. The Hall–Kier alpha value is -5.26. The van der Waals surface area contributed by atoms with E-state index in [1.54, 1.807) is 0 Å². The SMILES string of the molecule is C1=[N+](c2ccccc2)COc2c1cccc2-c1cccc2ccccc12.C[Si](C)(C)c1cccc2c1OC[N+](c1ccccc1)=C2. The summed E-state index contributed by atoms with van der Waals surface area (Å²) in [5.74, 6) is 2.04. The minimum absolute atomic E-state index is 0.513. The van der Waals surface area contributed by atoms with Crippen molar-refractivity contribution in [2.45, 2.75) is 19.6 Å². The number of fused-ring (bicyclic) bond motifs is 3. The highest BCUT2D eigenvalue weighted by molar-refractivity contribution is 6.89. The van der Waals surface area contributed by atoms with Crippen molar-refractivity contribution in [2.75, 3.05) is 13.5 Å². The van der Waals surface area contributed by atoms with Gasteiger partial charge >= 0.3 is 0 Å². The molecule has 0 amide bonds.